The van der Waals surface area contributed by atoms with Crippen LogP contribution in [0, 0.1) is 0 Å². The number of rotatable bonds is 9. The fraction of sp³-hybridized carbons (Fsp3) is 0.300. The van der Waals surface area contributed by atoms with Gasteiger partial charge >= 0.3 is 21.3 Å². The van der Waals surface area contributed by atoms with Crippen LogP contribution in [0.3, 0.4) is 0 Å². The highest BCUT2D eigenvalue weighted by Crippen LogP contribution is 2.57. The first kappa shape index (κ1) is 27.4. The van der Waals surface area contributed by atoms with Gasteiger partial charge in [-0.3, -0.25) is 18.5 Å². The van der Waals surface area contributed by atoms with Crippen LogP contribution in [0.2, 0.25) is 0 Å². The Kier molecular flexibility index (Phi) is 7.83. The van der Waals surface area contributed by atoms with Crippen molar-refractivity contribution in [2.24, 2.45) is 0 Å². The number of aliphatic hydroxyl groups excluding tert-OH is 2. The molecule has 3 heterocycles. The molecule has 3 unspecified atom stereocenters. The standard InChI is InChI=1S/C20H22N2O13P2/c23-16-8-9-21(19-18(25)17(24)15(34-19)11-32-37(30,31)35-36(27,28)29)20(26)22(16)10-13-6-7-14(33-13)12-4-2-1-3-5-12/h1-9,15,17-19,24-25H,10-11H2,(H,30,31)(H2,27,28,29)/t15-,17?,18?,19-/m1/s1. The highest BCUT2D eigenvalue weighted by Gasteiger charge is 2.46. The topological polar surface area (TPSA) is 220 Å². The van der Waals surface area contributed by atoms with Gasteiger partial charge in [0, 0.05) is 17.8 Å². The third kappa shape index (κ3) is 6.43. The van der Waals surface area contributed by atoms with Crippen LogP contribution in [0.5, 0.6) is 0 Å². The Balaban J connectivity index is 1.52. The number of hydrogen-bond acceptors (Lipinski definition) is 10. The Hall–Kier alpha value is -2.68. The minimum atomic E-state index is -5.37. The lowest BCUT2D eigenvalue weighted by atomic mass is 10.1. The second-order valence-corrected chi connectivity index (χ2v) is 10.8. The number of hydrogen-bond donors (Lipinski definition) is 5. The summed E-state index contributed by atoms with van der Waals surface area (Å²) in [6, 6.07) is 13.4. The van der Waals surface area contributed by atoms with Crippen LogP contribution in [0.15, 0.2) is 68.7 Å². The number of ether oxygens (including phenoxy) is 1. The first-order valence-corrected chi connectivity index (χ1v) is 13.6. The zero-order chi connectivity index (χ0) is 27.0. The van der Waals surface area contributed by atoms with Crippen molar-refractivity contribution in [3.05, 3.63) is 81.3 Å². The van der Waals surface area contributed by atoms with E-state index in [9.17, 15) is 33.8 Å². The van der Waals surface area contributed by atoms with Gasteiger partial charge in [0.15, 0.2) is 6.23 Å². The van der Waals surface area contributed by atoms with Gasteiger partial charge in [-0.1, -0.05) is 30.3 Å². The summed E-state index contributed by atoms with van der Waals surface area (Å²) in [5, 5.41) is 20.7. The van der Waals surface area contributed by atoms with Crippen molar-refractivity contribution in [2.45, 2.75) is 31.1 Å². The van der Waals surface area contributed by atoms with Crippen molar-refractivity contribution in [2.75, 3.05) is 6.61 Å². The highest BCUT2D eigenvalue weighted by atomic mass is 31.3. The predicted molar refractivity (Wildman–Crippen MR) is 123 cm³/mol. The van der Waals surface area contributed by atoms with Crippen LogP contribution in [-0.2, 0) is 29.2 Å². The molecule has 37 heavy (non-hydrogen) atoms. The number of furan rings is 1. The van der Waals surface area contributed by atoms with E-state index in [1.54, 1.807) is 12.1 Å². The Morgan fingerprint density at radius 2 is 1.65 bits per heavy atom. The van der Waals surface area contributed by atoms with E-state index in [2.05, 4.69) is 8.83 Å². The molecule has 1 aliphatic heterocycles. The molecule has 1 aromatic carbocycles. The molecule has 0 radical (unpaired) electrons. The largest absolute Gasteiger partial charge is 0.481 e. The first-order chi connectivity index (χ1) is 17.3. The summed E-state index contributed by atoms with van der Waals surface area (Å²) in [6.07, 6.45) is -5.50. The molecule has 2 aromatic heterocycles. The van der Waals surface area contributed by atoms with Gasteiger partial charge in [-0.25, -0.2) is 13.9 Å². The molecule has 15 nitrogen and oxygen atoms in total. The maximum absolute atomic E-state index is 13.1. The number of benzene rings is 1. The second kappa shape index (κ2) is 10.6. The lowest BCUT2D eigenvalue weighted by molar-refractivity contribution is -0.0547. The summed E-state index contributed by atoms with van der Waals surface area (Å²) in [7, 11) is -10.6. The summed E-state index contributed by atoms with van der Waals surface area (Å²) < 4.78 is 43.3. The highest BCUT2D eigenvalue weighted by molar-refractivity contribution is 7.60. The summed E-state index contributed by atoms with van der Waals surface area (Å²) in [4.78, 5) is 52.2. The van der Waals surface area contributed by atoms with E-state index in [1.165, 1.54) is 0 Å². The minimum absolute atomic E-state index is 0.253. The normalized spacial score (nSPS) is 23.7. The van der Waals surface area contributed by atoms with E-state index in [0.29, 0.717) is 11.5 Å². The summed E-state index contributed by atoms with van der Waals surface area (Å²) in [5.41, 5.74) is -0.807. The molecule has 0 bridgehead atoms. The smallest absolute Gasteiger partial charge is 0.459 e. The molecular formula is C20H22N2O13P2. The molecule has 200 valence electrons. The van der Waals surface area contributed by atoms with E-state index in [-0.39, 0.29) is 6.54 Å². The van der Waals surface area contributed by atoms with Crippen LogP contribution in [0.1, 0.15) is 12.0 Å². The van der Waals surface area contributed by atoms with Crippen LogP contribution >= 0.6 is 15.6 Å². The third-order valence-corrected chi connectivity index (χ3v) is 7.50. The second-order valence-electron chi connectivity index (χ2n) is 7.94. The van der Waals surface area contributed by atoms with Gasteiger partial charge in [0.05, 0.1) is 13.2 Å². The molecule has 0 amide bonds. The quantitative estimate of drug-likeness (QED) is 0.221. The van der Waals surface area contributed by atoms with Crippen LogP contribution < -0.4 is 11.2 Å². The van der Waals surface area contributed by atoms with Crippen LogP contribution in [0.25, 0.3) is 11.3 Å². The summed E-state index contributed by atoms with van der Waals surface area (Å²) in [6.45, 7) is -1.19. The lowest BCUT2D eigenvalue weighted by Crippen LogP contribution is -2.43. The zero-order valence-electron chi connectivity index (χ0n) is 18.7. The Bertz CT molecular complexity index is 1460. The van der Waals surface area contributed by atoms with Gasteiger partial charge < -0.3 is 34.0 Å². The van der Waals surface area contributed by atoms with Crippen molar-refractivity contribution in [3.63, 3.8) is 0 Å². The Morgan fingerprint density at radius 3 is 2.32 bits per heavy atom. The van der Waals surface area contributed by atoms with Crippen molar-refractivity contribution in [1.29, 1.82) is 0 Å². The Labute approximate surface area is 207 Å². The van der Waals surface area contributed by atoms with E-state index >= 15 is 0 Å². The maximum atomic E-state index is 13.1. The van der Waals surface area contributed by atoms with E-state index in [1.807, 2.05) is 30.3 Å². The molecule has 17 heteroatoms. The molecule has 0 aliphatic carbocycles. The van der Waals surface area contributed by atoms with E-state index in [4.69, 9.17) is 18.9 Å². The third-order valence-electron chi connectivity index (χ3n) is 5.35. The first-order valence-electron chi connectivity index (χ1n) is 10.6. The molecule has 0 saturated carbocycles. The zero-order valence-corrected chi connectivity index (χ0v) is 20.5. The van der Waals surface area contributed by atoms with Crippen molar-refractivity contribution in [3.8, 4) is 11.3 Å². The van der Waals surface area contributed by atoms with E-state index < -0.39 is 58.0 Å². The van der Waals surface area contributed by atoms with Gasteiger partial charge in [0.2, 0.25) is 0 Å². The van der Waals surface area contributed by atoms with Gasteiger partial charge in [-0.2, -0.15) is 4.31 Å². The maximum Gasteiger partial charge on any atom is 0.481 e. The van der Waals surface area contributed by atoms with Crippen molar-refractivity contribution in [1.82, 2.24) is 9.13 Å². The number of phosphoric acid groups is 2. The van der Waals surface area contributed by atoms with E-state index in [0.717, 1.165) is 27.0 Å². The van der Waals surface area contributed by atoms with Gasteiger partial charge in [0.1, 0.15) is 29.8 Å². The van der Waals surface area contributed by atoms with Crippen LogP contribution in [0.4, 0.5) is 0 Å². The number of nitrogens with zero attached hydrogens (tertiary/aromatic N) is 2. The molecule has 1 saturated heterocycles. The van der Waals surface area contributed by atoms with Gasteiger partial charge in [-0.15, -0.1) is 0 Å². The van der Waals surface area contributed by atoms with Crippen molar-refractivity contribution >= 4 is 15.6 Å². The Morgan fingerprint density at radius 1 is 0.946 bits per heavy atom. The lowest BCUT2D eigenvalue weighted by Gasteiger charge is -2.19. The minimum Gasteiger partial charge on any atom is -0.459 e. The number of aliphatic hydroxyl groups is 2. The molecule has 5 atom stereocenters. The summed E-state index contributed by atoms with van der Waals surface area (Å²) in [5.74, 6) is 0.808. The SMILES string of the molecule is O=c1ccn([C@@H]2O[C@H](COP(=O)(O)OP(=O)(O)O)C(O)C2O)c(=O)n1Cc1ccc(-c2ccccc2)o1. The monoisotopic (exact) mass is 560 g/mol. The van der Waals surface area contributed by atoms with Crippen LogP contribution in [-0.4, -0.2) is 58.9 Å². The summed E-state index contributed by atoms with van der Waals surface area (Å²) >= 11 is 0. The number of phosphoric ester groups is 1. The molecular weight excluding hydrogens is 538 g/mol. The molecule has 0 spiro atoms. The predicted octanol–water partition coefficient (Wildman–Crippen LogP) is 0.164. The molecule has 1 aliphatic rings. The fourth-order valence-electron chi connectivity index (χ4n) is 3.67. The van der Waals surface area contributed by atoms with Crippen molar-refractivity contribution < 1.29 is 52.0 Å². The molecule has 5 N–H and O–H groups in total. The molecule has 4 rings (SSSR count). The average molecular weight is 560 g/mol. The van der Waals surface area contributed by atoms with Gasteiger partial charge in [-0.05, 0) is 12.1 Å². The van der Waals surface area contributed by atoms with Gasteiger partial charge in [0.25, 0.3) is 5.56 Å². The molecule has 3 aromatic rings. The fourth-order valence-corrected chi connectivity index (χ4v) is 5.27. The molecule has 1 fully saturated rings. The average Bonchev–Trinajstić information content (AvgIpc) is 3.40. The number of aromatic nitrogens is 2.